The summed E-state index contributed by atoms with van der Waals surface area (Å²) in [6.45, 7) is 1.32. The Balaban J connectivity index is 2.01. The number of rotatable bonds is 1. The standard InChI is InChI=1S/C13H12N2O3/c16-13-5-3-10(14-15-13)9-2-4-11-12(8-9)18-7-1-6-17-11/h2-5,8H,1,6-7H2,(H,15,16). The largest absolute Gasteiger partial charge is 0.490 e. The van der Waals surface area contributed by atoms with Gasteiger partial charge in [0.05, 0.1) is 18.9 Å². The number of hydrogen-bond donors (Lipinski definition) is 1. The van der Waals surface area contributed by atoms with Crippen molar-refractivity contribution >= 4 is 0 Å². The molecule has 0 spiro atoms. The van der Waals surface area contributed by atoms with E-state index in [0.29, 0.717) is 18.9 Å². The molecule has 1 N–H and O–H groups in total. The summed E-state index contributed by atoms with van der Waals surface area (Å²) in [7, 11) is 0. The maximum atomic E-state index is 11.0. The molecule has 5 heteroatoms. The number of benzene rings is 1. The second-order valence-corrected chi connectivity index (χ2v) is 4.02. The van der Waals surface area contributed by atoms with Crippen molar-refractivity contribution in [3.05, 3.63) is 40.7 Å². The van der Waals surface area contributed by atoms with E-state index in [1.54, 1.807) is 6.07 Å². The number of aromatic nitrogens is 2. The Morgan fingerprint density at radius 3 is 2.67 bits per heavy atom. The molecule has 0 bridgehead atoms. The number of fused-ring (bicyclic) bond motifs is 1. The van der Waals surface area contributed by atoms with Crippen LogP contribution in [0.15, 0.2) is 35.1 Å². The molecule has 0 saturated heterocycles. The molecule has 2 heterocycles. The van der Waals surface area contributed by atoms with E-state index in [0.717, 1.165) is 23.5 Å². The van der Waals surface area contributed by atoms with Crippen LogP contribution in [0.5, 0.6) is 11.5 Å². The molecular formula is C13H12N2O3. The fourth-order valence-corrected chi connectivity index (χ4v) is 1.83. The lowest BCUT2D eigenvalue weighted by Gasteiger charge is -2.08. The number of aromatic amines is 1. The van der Waals surface area contributed by atoms with E-state index in [1.807, 2.05) is 18.2 Å². The van der Waals surface area contributed by atoms with Crippen molar-refractivity contribution in [3.63, 3.8) is 0 Å². The molecular weight excluding hydrogens is 232 g/mol. The molecule has 0 amide bonds. The summed E-state index contributed by atoms with van der Waals surface area (Å²) in [5.74, 6) is 1.47. The van der Waals surface area contributed by atoms with Crippen LogP contribution in [0, 0.1) is 0 Å². The quantitative estimate of drug-likeness (QED) is 0.827. The van der Waals surface area contributed by atoms with Gasteiger partial charge in [-0.25, -0.2) is 5.10 Å². The number of nitrogens with one attached hydrogen (secondary N) is 1. The van der Waals surface area contributed by atoms with Gasteiger partial charge in [0.25, 0.3) is 5.56 Å². The maximum absolute atomic E-state index is 11.0. The highest BCUT2D eigenvalue weighted by molar-refractivity contribution is 5.63. The van der Waals surface area contributed by atoms with Crippen molar-refractivity contribution < 1.29 is 9.47 Å². The van der Waals surface area contributed by atoms with Crippen molar-refractivity contribution in [3.8, 4) is 22.8 Å². The zero-order chi connectivity index (χ0) is 12.4. The van der Waals surface area contributed by atoms with Gasteiger partial charge < -0.3 is 9.47 Å². The summed E-state index contributed by atoms with van der Waals surface area (Å²) in [4.78, 5) is 11.0. The third-order valence-corrected chi connectivity index (χ3v) is 2.72. The molecule has 0 fully saturated rings. The average molecular weight is 244 g/mol. The molecule has 0 unspecified atom stereocenters. The first-order chi connectivity index (χ1) is 8.83. The normalized spacial score (nSPS) is 14.0. The molecule has 0 atom stereocenters. The van der Waals surface area contributed by atoms with E-state index < -0.39 is 0 Å². The minimum absolute atomic E-state index is 0.215. The zero-order valence-corrected chi connectivity index (χ0v) is 9.68. The molecule has 1 aromatic carbocycles. The lowest BCUT2D eigenvalue weighted by Crippen LogP contribution is -2.05. The van der Waals surface area contributed by atoms with Crippen molar-refractivity contribution in [2.75, 3.05) is 13.2 Å². The number of hydrogen-bond acceptors (Lipinski definition) is 4. The monoisotopic (exact) mass is 244 g/mol. The molecule has 3 rings (SSSR count). The van der Waals surface area contributed by atoms with Crippen LogP contribution in [-0.4, -0.2) is 23.4 Å². The van der Waals surface area contributed by atoms with Crippen molar-refractivity contribution in [2.24, 2.45) is 0 Å². The number of ether oxygens (including phenoxy) is 2. The lowest BCUT2D eigenvalue weighted by atomic mass is 10.1. The van der Waals surface area contributed by atoms with E-state index in [9.17, 15) is 4.79 Å². The van der Waals surface area contributed by atoms with Gasteiger partial charge in [-0.15, -0.1) is 0 Å². The van der Waals surface area contributed by atoms with Gasteiger partial charge in [0.1, 0.15) is 0 Å². The zero-order valence-electron chi connectivity index (χ0n) is 9.68. The lowest BCUT2D eigenvalue weighted by molar-refractivity contribution is 0.297. The summed E-state index contributed by atoms with van der Waals surface area (Å²) in [5.41, 5.74) is 1.37. The van der Waals surface area contributed by atoms with Gasteiger partial charge in [0.2, 0.25) is 0 Å². The molecule has 1 aromatic heterocycles. The highest BCUT2D eigenvalue weighted by Gasteiger charge is 2.11. The van der Waals surface area contributed by atoms with Crippen LogP contribution in [0.1, 0.15) is 6.42 Å². The van der Waals surface area contributed by atoms with Crippen molar-refractivity contribution in [1.29, 1.82) is 0 Å². The van der Waals surface area contributed by atoms with Crippen LogP contribution in [0.25, 0.3) is 11.3 Å². The molecule has 0 saturated carbocycles. The molecule has 5 nitrogen and oxygen atoms in total. The van der Waals surface area contributed by atoms with E-state index in [2.05, 4.69) is 10.2 Å². The van der Waals surface area contributed by atoms with Crippen LogP contribution in [-0.2, 0) is 0 Å². The van der Waals surface area contributed by atoms with E-state index in [1.165, 1.54) is 6.07 Å². The average Bonchev–Trinajstić information content (AvgIpc) is 2.64. The fourth-order valence-electron chi connectivity index (χ4n) is 1.83. The molecule has 92 valence electrons. The molecule has 18 heavy (non-hydrogen) atoms. The predicted octanol–water partition coefficient (Wildman–Crippen LogP) is 1.60. The highest BCUT2D eigenvalue weighted by Crippen LogP contribution is 2.33. The van der Waals surface area contributed by atoms with E-state index in [-0.39, 0.29) is 5.56 Å². The molecule has 1 aliphatic rings. The Bertz CT molecular complexity index is 601. The van der Waals surface area contributed by atoms with Crippen LogP contribution < -0.4 is 15.0 Å². The second kappa shape index (κ2) is 4.52. The maximum Gasteiger partial charge on any atom is 0.264 e. The van der Waals surface area contributed by atoms with Gasteiger partial charge in [0.15, 0.2) is 11.5 Å². The van der Waals surface area contributed by atoms with Crippen LogP contribution in [0.3, 0.4) is 0 Å². The summed E-state index contributed by atoms with van der Waals surface area (Å²) in [6, 6.07) is 8.77. The Morgan fingerprint density at radius 2 is 1.89 bits per heavy atom. The Morgan fingerprint density at radius 1 is 1.06 bits per heavy atom. The topological polar surface area (TPSA) is 64.2 Å². The van der Waals surface area contributed by atoms with Crippen LogP contribution >= 0.6 is 0 Å². The third-order valence-electron chi connectivity index (χ3n) is 2.72. The molecule has 0 aliphatic carbocycles. The smallest absolute Gasteiger partial charge is 0.264 e. The summed E-state index contributed by atoms with van der Waals surface area (Å²) >= 11 is 0. The number of H-pyrrole nitrogens is 1. The van der Waals surface area contributed by atoms with Gasteiger partial charge in [-0.05, 0) is 24.3 Å². The fraction of sp³-hybridized carbons (Fsp3) is 0.231. The minimum Gasteiger partial charge on any atom is -0.490 e. The first-order valence-corrected chi connectivity index (χ1v) is 5.79. The van der Waals surface area contributed by atoms with E-state index in [4.69, 9.17) is 9.47 Å². The predicted molar refractivity (Wildman–Crippen MR) is 65.9 cm³/mol. The first kappa shape index (κ1) is 10.8. The van der Waals surface area contributed by atoms with Gasteiger partial charge in [-0.1, -0.05) is 0 Å². The van der Waals surface area contributed by atoms with Gasteiger partial charge in [-0.3, -0.25) is 4.79 Å². The third kappa shape index (κ3) is 2.07. The minimum atomic E-state index is -0.215. The van der Waals surface area contributed by atoms with Crippen LogP contribution in [0.2, 0.25) is 0 Å². The van der Waals surface area contributed by atoms with Crippen molar-refractivity contribution in [2.45, 2.75) is 6.42 Å². The first-order valence-electron chi connectivity index (χ1n) is 5.79. The summed E-state index contributed by atoms with van der Waals surface area (Å²) in [5, 5.41) is 6.40. The summed E-state index contributed by atoms with van der Waals surface area (Å²) < 4.78 is 11.2. The number of nitrogens with zero attached hydrogens (tertiary/aromatic N) is 1. The van der Waals surface area contributed by atoms with E-state index >= 15 is 0 Å². The molecule has 1 aliphatic heterocycles. The van der Waals surface area contributed by atoms with Gasteiger partial charge >= 0.3 is 0 Å². The Kier molecular flexibility index (Phi) is 2.72. The Labute approximate surface area is 103 Å². The Hall–Kier alpha value is -2.30. The SMILES string of the molecule is O=c1ccc(-c2ccc3c(c2)OCCCO3)n[nH]1. The summed E-state index contributed by atoms with van der Waals surface area (Å²) in [6.07, 6.45) is 0.876. The second-order valence-electron chi connectivity index (χ2n) is 4.02. The van der Waals surface area contributed by atoms with Crippen LogP contribution in [0.4, 0.5) is 0 Å². The highest BCUT2D eigenvalue weighted by atomic mass is 16.5. The van der Waals surface area contributed by atoms with Crippen molar-refractivity contribution in [1.82, 2.24) is 10.2 Å². The molecule has 0 radical (unpaired) electrons. The van der Waals surface area contributed by atoms with Gasteiger partial charge in [0, 0.05) is 18.1 Å². The molecule has 2 aromatic rings. The van der Waals surface area contributed by atoms with Gasteiger partial charge in [-0.2, -0.15) is 5.10 Å².